The molecule has 0 aromatic heterocycles. The van der Waals surface area contributed by atoms with E-state index in [1.54, 1.807) is 11.8 Å². The van der Waals surface area contributed by atoms with Crippen molar-refractivity contribution in [1.82, 2.24) is 0 Å². The molecule has 29 heavy (non-hydrogen) atoms. The van der Waals surface area contributed by atoms with Crippen molar-refractivity contribution in [1.29, 1.82) is 0 Å². The van der Waals surface area contributed by atoms with Crippen LogP contribution in [0, 0.1) is 0 Å². The highest BCUT2D eigenvalue weighted by atomic mass is 32.2. The van der Waals surface area contributed by atoms with Gasteiger partial charge in [-0.2, -0.15) is 0 Å². The van der Waals surface area contributed by atoms with Gasteiger partial charge in [0.1, 0.15) is 5.54 Å². The number of aliphatic carboxylic acids is 1. The molecule has 0 aliphatic carbocycles. The second-order valence-corrected chi connectivity index (χ2v) is 8.18. The molecule has 1 unspecified atom stereocenters. The van der Waals surface area contributed by atoms with Crippen molar-refractivity contribution in [3.8, 4) is 0 Å². The number of benzene rings is 3. The maximum Gasteiger partial charge on any atom is 0.335 e. The molecule has 3 aromatic carbocycles. The Morgan fingerprint density at radius 1 is 0.862 bits per heavy atom. The molecule has 5 nitrogen and oxygen atoms in total. The Morgan fingerprint density at radius 2 is 1.38 bits per heavy atom. The van der Waals surface area contributed by atoms with E-state index in [9.17, 15) is 14.7 Å². The van der Waals surface area contributed by atoms with E-state index < -0.39 is 17.5 Å². The lowest BCUT2D eigenvalue weighted by molar-refractivity contribution is -0.144. The Morgan fingerprint density at radius 3 is 1.86 bits per heavy atom. The molecular formula is C23H19NO4S. The normalized spacial score (nSPS) is 15.1. The summed E-state index contributed by atoms with van der Waals surface area (Å²) in [6.45, 7) is 0. The van der Waals surface area contributed by atoms with E-state index in [-0.39, 0.29) is 17.9 Å². The molecule has 0 saturated heterocycles. The van der Waals surface area contributed by atoms with Crippen molar-refractivity contribution >= 4 is 23.7 Å². The number of aromatic carboxylic acids is 1. The molecule has 4 rings (SSSR count). The number of rotatable bonds is 5. The number of nitrogens with two attached hydrogens (primary N) is 1. The number of hydrogen-bond donors (Lipinski definition) is 3. The molecule has 3 aromatic rings. The van der Waals surface area contributed by atoms with Crippen molar-refractivity contribution in [3.05, 3.63) is 95.1 Å². The summed E-state index contributed by atoms with van der Waals surface area (Å²) in [4.78, 5) is 25.6. The van der Waals surface area contributed by atoms with Crippen LogP contribution in [0.4, 0.5) is 0 Å². The zero-order chi connectivity index (χ0) is 20.6. The van der Waals surface area contributed by atoms with E-state index in [2.05, 4.69) is 0 Å². The van der Waals surface area contributed by atoms with Crippen LogP contribution in [0.1, 0.15) is 39.4 Å². The van der Waals surface area contributed by atoms with Gasteiger partial charge in [0.25, 0.3) is 0 Å². The molecule has 0 spiro atoms. The lowest BCUT2D eigenvalue weighted by Crippen LogP contribution is -2.46. The molecule has 0 saturated carbocycles. The van der Waals surface area contributed by atoms with Gasteiger partial charge >= 0.3 is 11.9 Å². The Balaban J connectivity index is 1.80. The standard InChI is InChI=1S/C23H19NO4S/c24-23(22(27)28,15-11-9-14(10-12-15)21(25)26)13-18-16-5-1-3-7-19(16)29-20-8-4-2-6-17(18)20/h1-12,18H,13,24H2,(H,25,26)(H,27,28). The van der Waals surface area contributed by atoms with E-state index in [1.165, 1.54) is 24.3 Å². The van der Waals surface area contributed by atoms with Crippen LogP contribution in [0.15, 0.2) is 82.6 Å². The average Bonchev–Trinajstić information content (AvgIpc) is 2.73. The van der Waals surface area contributed by atoms with E-state index in [0.717, 1.165) is 20.9 Å². The third-order valence-electron chi connectivity index (χ3n) is 5.36. The summed E-state index contributed by atoms with van der Waals surface area (Å²) >= 11 is 1.67. The first-order chi connectivity index (χ1) is 13.9. The van der Waals surface area contributed by atoms with Gasteiger partial charge in [0.2, 0.25) is 0 Å². The lowest BCUT2D eigenvalue weighted by Gasteiger charge is -2.34. The highest BCUT2D eigenvalue weighted by Gasteiger charge is 2.41. The van der Waals surface area contributed by atoms with Crippen LogP contribution < -0.4 is 5.73 Å². The quantitative estimate of drug-likeness (QED) is 0.585. The summed E-state index contributed by atoms with van der Waals surface area (Å²) < 4.78 is 0. The number of carbonyl (C=O) groups is 2. The lowest BCUT2D eigenvalue weighted by atomic mass is 9.76. The van der Waals surface area contributed by atoms with Gasteiger partial charge in [0.15, 0.2) is 0 Å². The van der Waals surface area contributed by atoms with Crippen LogP contribution in [0.5, 0.6) is 0 Å². The van der Waals surface area contributed by atoms with Crippen LogP contribution in [0.2, 0.25) is 0 Å². The average molecular weight is 405 g/mol. The molecule has 0 radical (unpaired) electrons. The summed E-state index contributed by atoms with van der Waals surface area (Å²) in [7, 11) is 0. The van der Waals surface area contributed by atoms with Crippen molar-refractivity contribution < 1.29 is 19.8 Å². The monoisotopic (exact) mass is 405 g/mol. The molecule has 146 valence electrons. The van der Waals surface area contributed by atoms with Gasteiger partial charge in [-0.05, 0) is 47.4 Å². The largest absolute Gasteiger partial charge is 0.480 e. The van der Waals surface area contributed by atoms with Crippen LogP contribution in [0.25, 0.3) is 0 Å². The molecule has 1 aliphatic heterocycles. The number of fused-ring (bicyclic) bond motifs is 2. The van der Waals surface area contributed by atoms with Crippen molar-refractivity contribution in [3.63, 3.8) is 0 Å². The van der Waals surface area contributed by atoms with Gasteiger partial charge < -0.3 is 15.9 Å². The van der Waals surface area contributed by atoms with Gasteiger partial charge in [-0.25, -0.2) is 9.59 Å². The molecule has 4 N–H and O–H groups in total. The zero-order valence-electron chi connectivity index (χ0n) is 15.4. The number of carboxylic acids is 2. The fourth-order valence-corrected chi connectivity index (χ4v) is 4.98. The fourth-order valence-electron chi connectivity index (χ4n) is 3.79. The predicted molar refractivity (Wildman–Crippen MR) is 110 cm³/mol. The van der Waals surface area contributed by atoms with E-state index in [4.69, 9.17) is 10.8 Å². The summed E-state index contributed by atoms with van der Waals surface area (Å²) in [6.07, 6.45) is 0.156. The van der Waals surface area contributed by atoms with E-state index in [1.807, 2.05) is 48.5 Å². The Bertz CT molecular complexity index is 1050. The SMILES string of the molecule is NC(CC1c2ccccc2Sc2ccccc21)(C(=O)O)c1ccc(C(=O)O)cc1. The second kappa shape index (κ2) is 7.39. The summed E-state index contributed by atoms with van der Waals surface area (Å²) in [5.41, 5.74) is 7.38. The Labute approximate surface area is 172 Å². The van der Waals surface area contributed by atoms with Crippen LogP contribution in [0.3, 0.4) is 0 Å². The molecular weight excluding hydrogens is 386 g/mol. The third kappa shape index (κ3) is 3.41. The van der Waals surface area contributed by atoms with Crippen LogP contribution in [-0.4, -0.2) is 22.2 Å². The van der Waals surface area contributed by atoms with Gasteiger partial charge in [0, 0.05) is 15.7 Å². The van der Waals surface area contributed by atoms with E-state index >= 15 is 0 Å². The molecule has 0 fully saturated rings. The molecule has 1 atom stereocenters. The first-order valence-electron chi connectivity index (χ1n) is 9.12. The van der Waals surface area contributed by atoms with Crippen LogP contribution in [-0.2, 0) is 10.3 Å². The molecule has 0 bridgehead atoms. The van der Waals surface area contributed by atoms with E-state index in [0.29, 0.717) is 5.56 Å². The van der Waals surface area contributed by atoms with Gasteiger partial charge in [0.05, 0.1) is 5.56 Å². The summed E-state index contributed by atoms with van der Waals surface area (Å²) in [6, 6.07) is 21.7. The Hall–Kier alpha value is -3.09. The predicted octanol–water partition coefficient (Wildman–Crippen LogP) is 4.31. The van der Waals surface area contributed by atoms with Gasteiger partial charge in [-0.15, -0.1) is 0 Å². The molecule has 0 amide bonds. The summed E-state index contributed by atoms with van der Waals surface area (Å²) in [5, 5.41) is 19.2. The van der Waals surface area contributed by atoms with Gasteiger partial charge in [-0.1, -0.05) is 60.3 Å². The Kier molecular flexibility index (Phi) is 4.90. The maximum atomic E-state index is 12.3. The topological polar surface area (TPSA) is 101 Å². The smallest absolute Gasteiger partial charge is 0.335 e. The van der Waals surface area contributed by atoms with Crippen molar-refractivity contribution in [2.45, 2.75) is 27.7 Å². The van der Waals surface area contributed by atoms with Gasteiger partial charge in [-0.3, -0.25) is 0 Å². The van der Waals surface area contributed by atoms with Crippen molar-refractivity contribution in [2.24, 2.45) is 5.73 Å². The first kappa shape index (κ1) is 19.2. The zero-order valence-corrected chi connectivity index (χ0v) is 16.2. The number of hydrogen-bond acceptors (Lipinski definition) is 4. The summed E-state index contributed by atoms with van der Waals surface area (Å²) in [5.74, 6) is -2.40. The highest BCUT2D eigenvalue weighted by Crippen LogP contribution is 2.49. The van der Waals surface area contributed by atoms with Crippen LogP contribution >= 0.6 is 11.8 Å². The third-order valence-corrected chi connectivity index (χ3v) is 6.55. The highest BCUT2D eigenvalue weighted by molar-refractivity contribution is 7.99. The minimum atomic E-state index is -1.66. The molecule has 6 heteroatoms. The molecule has 1 aliphatic rings. The fraction of sp³-hybridized carbons (Fsp3) is 0.130. The minimum absolute atomic E-state index is 0.0891. The minimum Gasteiger partial charge on any atom is -0.480 e. The second-order valence-electron chi connectivity index (χ2n) is 7.09. The van der Waals surface area contributed by atoms with Crippen molar-refractivity contribution in [2.75, 3.05) is 0 Å². The number of carboxylic acid groups (broad SMARTS) is 2. The first-order valence-corrected chi connectivity index (χ1v) is 9.93. The molecule has 1 heterocycles. The maximum absolute atomic E-state index is 12.3.